The molecule has 1 heterocycles. The topological polar surface area (TPSA) is 76.4 Å². The molecule has 0 bridgehead atoms. The monoisotopic (exact) mass is 339 g/mol. The van der Waals surface area contributed by atoms with Crippen molar-refractivity contribution in [3.8, 4) is 5.88 Å². The van der Waals surface area contributed by atoms with E-state index in [0.29, 0.717) is 11.6 Å². The number of ether oxygens (including phenoxy) is 1. The molecule has 1 aromatic heterocycles. The van der Waals surface area contributed by atoms with E-state index in [4.69, 9.17) is 4.74 Å². The molecule has 0 aliphatic heterocycles. The summed E-state index contributed by atoms with van der Waals surface area (Å²) >= 11 is 0. The lowest BCUT2D eigenvalue weighted by Crippen LogP contribution is -2.37. The molecule has 0 spiro atoms. The molecule has 1 amide bonds. The van der Waals surface area contributed by atoms with Crippen LogP contribution in [0, 0.1) is 18.6 Å². The number of benzene rings is 1. The number of methoxy groups -OCH3 is 1. The number of amides is 1. The van der Waals surface area contributed by atoms with Crippen molar-refractivity contribution in [2.45, 2.75) is 26.0 Å². The minimum atomic E-state index is -1.20. The molecule has 2 rings (SSSR count). The summed E-state index contributed by atoms with van der Waals surface area (Å²) in [5.41, 5.74) is 0.891. The first kappa shape index (κ1) is 17.9. The molecule has 2 atom stereocenters. The van der Waals surface area contributed by atoms with Gasteiger partial charge in [0, 0.05) is 7.05 Å². The maximum atomic E-state index is 13.3. The summed E-state index contributed by atoms with van der Waals surface area (Å²) < 4.78 is 32.8. The lowest BCUT2D eigenvalue weighted by molar-refractivity contribution is 0.0847. The first-order valence-electron chi connectivity index (χ1n) is 7.27. The number of aliphatic hydroxyl groups is 1. The Morgan fingerprint density at radius 3 is 2.62 bits per heavy atom. The van der Waals surface area contributed by atoms with E-state index in [9.17, 15) is 18.7 Å². The number of nitrogens with zero attached hydrogens (tertiary/aromatic N) is 2. The second-order valence-electron chi connectivity index (χ2n) is 5.47. The molecule has 0 fully saturated rings. The average molecular weight is 339 g/mol. The first-order chi connectivity index (χ1) is 11.3. The molecule has 8 heteroatoms. The van der Waals surface area contributed by atoms with Crippen LogP contribution < -0.4 is 10.1 Å². The highest BCUT2D eigenvalue weighted by Gasteiger charge is 2.25. The predicted molar refractivity (Wildman–Crippen MR) is 82.7 cm³/mol. The summed E-state index contributed by atoms with van der Waals surface area (Å²) in [7, 11) is 3.06. The molecule has 6 nitrogen and oxygen atoms in total. The predicted octanol–water partition coefficient (Wildman–Crippen LogP) is 1.87. The highest BCUT2D eigenvalue weighted by atomic mass is 19.2. The van der Waals surface area contributed by atoms with Gasteiger partial charge in [-0.3, -0.25) is 4.79 Å². The van der Waals surface area contributed by atoms with Gasteiger partial charge in [0.25, 0.3) is 5.91 Å². The van der Waals surface area contributed by atoms with Crippen LogP contribution in [0.25, 0.3) is 0 Å². The number of hydrogen-bond acceptors (Lipinski definition) is 4. The number of aliphatic hydroxyl groups excluding tert-OH is 1. The Kier molecular flexibility index (Phi) is 5.18. The maximum absolute atomic E-state index is 13.3. The summed E-state index contributed by atoms with van der Waals surface area (Å²) in [4.78, 5) is 12.4. The Balaban J connectivity index is 2.18. The maximum Gasteiger partial charge on any atom is 0.259 e. The fourth-order valence-corrected chi connectivity index (χ4v) is 2.48. The van der Waals surface area contributed by atoms with Gasteiger partial charge in [-0.25, -0.2) is 13.5 Å². The van der Waals surface area contributed by atoms with Crippen LogP contribution in [0.15, 0.2) is 18.2 Å². The lowest BCUT2D eigenvalue weighted by Gasteiger charge is -2.21. The van der Waals surface area contributed by atoms with Crippen molar-refractivity contribution in [1.82, 2.24) is 15.1 Å². The molecule has 0 aliphatic rings. The molecule has 0 saturated heterocycles. The Morgan fingerprint density at radius 1 is 1.38 bits per heavy atom. The van der Waals surface area contributed by atoms with Gasteiger partial charge in [-0.15, -0.1) is 0 Å². The molecular weight excluding hydrogens is 320 g/mol. The Hall–Kier alpha value is -2.48. The van der Waals surface area contributed by atoms with Gasteiger partial charge in [-0.1, -0.05) is 6.07 Å². The van der Waals surface area contributed by atoms with Crippen molar-refractivity contribution in [2.24, 2.45) is 7.05 Å². The molecule has 2 aromatic rings. The van der Waals surface area contributed by atoms with Crippen molar-refractivity contribution in [3.63, 3.8) is 0 Å². The minimum absolute atomic E-state index is 0.163. The first-order valence-corrected chi connectivity index (χ1v) is 7.27. The fraction of sp³-hybridized carbons (Fsp3) is 0.375. The van der Waals surface area contributed by atoms with Gasteiger partial charge in [0.05, 0.1) is 24.9 Å². The van der Waals surface area contributed by atoms with Crippen LogP contribution in [0.2, 0.25) is 0 Å². The zero-order valence-electron chi connectivity index (χ0n) is 13.8. The zero-order valence-corrected chi connectivity index (χ0v) is 13.8. The third-order valence-electron chi connectivity index (χ3n) is 3.71. The molecule has 130 valence electrons. The Labute approximate surface area is 138 Å². The molecule has 0 aliphatic carbocycles. The molecule has 2 unspecified atom stereocenters. The second kappa shape index (κ2) is 6.96. The highest BCUT2D eigenvalue weighted by molar-refractivity contribution is 5.97. The minimum Gasteiger partial charge on any atom is -0.481 e. The number of hydrogen-bond donors (Lipinski definition) is 2. The third-order valence-corrected chi connectivity index (χ3v) is 3.71. The molecule has 2 N–H and O–H groups in total. The number of rotatable bonds is 5. The number of carbonyl (C=O) groups is 1. The Morgan fingerprint density at radius 2 is 2.04 bits per heavy atom. The third kappa shape index (κ3) is 3.38. The number of halogens is 2. The summed E-state index contributed by atoms with van der Waals surface area (Å²) in [6, 6.07) is 2.35. The highest BCUT2D eigenvalue weighted by Crippen LogP contribution is 2.23. The van der Waals surface area contributed by atoms with Crippen molar-refractivity contribution >= 4 is 5.91 Å². The van der Waals surface area contributed by atoms with E-state index < -0.39 is 29.7 Å². The van der Waals surface area contributed by atoms with E-state index >= 15 is 0 Å². The van der Waals surface area contributed by atoms with E-state index in [-0.39, 0.29) is 11.1 Å². The van der Waals surface area contributed by atoms with Crippen LogP contribution in [0.3, 0.4) is 0 Å². The molecular formula is C16H19F2N3O3. The van der Waals surface area contributed by atoms with Gasteiger partial charge < -0.3 is 15.2 Å². The number of nitrogens with one attached hydrogen (secondary N) is 1. The van der Waals surface area contributed by atoms with E-state index in [1.54, 1.807) is 20.9 Å². The number of aromatic nitrogens is 2. The SMILES string of the molecule is COc1c(C(=O)NC(C)C(O)c2ccc(F)c(F)c2)c(C)nn1C. The van der Waals surface area contributed by atoms with Crippen LogP contribution in [0.5, 0.6) is 5.88 Å². The summed E-state index contributed by atoms with van der Waals surface area (Å²) in [5.74, 6) is -2.25. The smallest absolute Gasteiger partial charge is 0.259 e. The van der Waals surface area contributed by atoms with Gasteiger partial charge in [-0.2, -0.15) is 5.10 Å². The summed E-state index contributed by atoms with van der Waals surface area (Å²) in [5, 5.41) is 17.0. The van der Waals surface area contributed by atoms with E-state index in [1.807, 2.05) is 0 Å². The van der Waals surface area contributed by atoms with Gasteiger partial charge in [-0.05, 0) is 31.5 Å². The van der Waals surface area contributed by atoms with Crippen molar-refractivity contribution < 1.29 is 23.4 Å². The van der Waals surface area contributed by atoms with Crippen molar-refractivity contribution in [2.75, 3.05) is 7.11 Å². The van der Waals surface area contributed by atoms with Crippen LogP contribution >= 0.6 is 0 Å². The molecule has 0 radical (unpaired) electrons. The summed E-state index contributed by atoms with van der Waals surface area (Å²) in [6.45, 7) is 3.22. The fourth-order valence-electron chi connectivity index (χ4n) is 2.48. The lowest BCUT2D eigenvalue weighted by atomic mass is 10.0. The van der Waals surface area contributed by atoms with Gasteiger partial charge in [0.1, 0.15) is 5.56 Å². The molecule has 24 heavy (non-hydrogen) atoms. The normalized spacial score (nSPS) is 13.5. The van der Waals surface area contributed by atoms with E-state index in [0.717, 1.165) is 12.1 Å². The molecule has 1 aromatic carbocycles. The van der Waals surface area contributed by atoms with Crippen LogP contribution in [-0.4, -0.2) is 33.9 Å². The zero-order chi connectivity index (χ0) is 18.0. The number of aryl methyl sites for hydroxylation is 2. The number of carbonyl (C=O) groups excluding carboxylic acids is 1. The van der Waals surface area contributed by atoms with Crippen molar-refractivity contribution in [3.05, 3.63) is 46.7 Å². The average Bonchev–Trinajstić information content (AvgIpc) is 2.82. The van der Waals surface area contributed by atoms with Crippen molar-refractivity contribution in [1.29, 1.82) is 0 Å². The largest absolute Gasteiger partial charge is 0.481 e. The van der Waals surface area contributed by atoms with Crippen LogP contribution in [0.1, 0.15) is 34.6 Å². The Bertz CT molecular complexity index is 761. The van der Waals surface area contributed by atoms with Crippen LogP contribution in [-0.2, 0) is 7.05 Å². The second-order valence-corrected chi connectivity index (χ2v) is 5.47. The molecule has 0 saturated carbocycles. The van der Waals surface area contributed by atoms with E-state index in [1.165, 1.54) is 17.9 Å². The van der Waals surface area contributed by atoms with Gasteiger partial charge in [0.15, 0.2) is 11.6 Å². The van der Waals surface area contributed by atoms with Gasteiger partial charge in [0.2, 0.25) is 5.88 Å². The van der Waals surface area contributed by atoms with Crippen LogP contribution in [0.4, 0.5) is 8.78 Å². The standard InChI is InChI=1S/C16H19F2N3O3/c1-8-13(16(24-4)21(3)20-8)15(23)19-9(2)14(22)10-5-6-11(17)12(18)7-10/h5-7,9,14,22H,1-4H3,(H,19,23). The van der Waals surface area contributed by atoms with E-state index in [2.05, 4.69) is 10.4 Å². The quantitative estimate of drug-likeness (QED) is 0.872. The summed E-state index contributed by atoms with van der Waals surface area (Å²) in [6.07, 6.45) is -1.20. The van der Waals surface area contributed by atoms with Gasteiger partial charge >= 0.3 is 0 Å².